The molecular weight excluding hydrogens is 640 g/mol. The monoisotopic (exact) mass is 684 g/mol. The number of benzene rings is 2. The molecule has 1 atom stereocenters. The molecule has 0 unspecified atom stereocenters. The van der Waals surface area contributed by atoms with E-state index < -0.39 is 58.9 Å². The van der Waals surface area contributed by atoms with Crippen molar-refractivity contribution in [3.63, 3.8) is 0 Å². The highest BCUT2D eigenvalue weighted by molar-refractivity contribution is 6.03. The Balaban J connectivity index is 2.20. The predicted molar refractivity (Wildman–Crippen MR) is 178 cm³/mol. The highest BCUT2D eigenvalue weighted by Gasteiger charge is 2.25. The molecule has 0 radical (unpaired) electrons. The van der Waals surface area contributed by atoms with Crippen molar-refractivity contribution in [3.05, 3.63) is 65.2 Å². The number of nitrogens with zero attached hydrogens (tertiary/aromatic N) is 1. The number of carbonyl (C=O) groups excluding carboxylic acids is 5. The minimum atomic E-state index is -1.15. The van der Waals surface area contributed by atoms with Crippen molar-refractivity contribution in [3.8, 4) is 0 Å². The molecule has 266 valence electrons. The van der Waals surface area contributed by atoms with Crippen molar-refractivity contribution in [2.24, 2.45) is 4.99 Å². The van der Waals surface area contributed by atoms with Gasteiger partial charge < -0.3 is 24.6 Å². The van der Waals surface area contributed by atoms with Gasteiger partial charge in [-0.2, -0.15) is 0 Å². The number of carboxylic acids is 1. The van der Waals surface area contributed by atoms with Crippen LogP contribution in [-0.2, 0) is 19.0 Å². The molecule has 6 N–H and O–H groups in total. The van der Waals surface area contributed by atoms with E-state index in [9.17, 15) is 33.9 Å². The molecule has 0 aliphatic rings. The van der Waals surface area contributed by atoms with E-state index in [-0.39, 0.29) is 29.2 Å². The number of carboxylic acid groups (broad SMARTS) is 1. The van der Waals surface area contributed by atoms with Crippen molar-refractivity contribution >= 4 is 47.7 Å². The van der Waals surface area contributed by atoms with Crippen LogP contribution in [-0.4, -0.2) is 63.9 Å². The van der Waals surface area contributed by atoms with Crippen molar-refractivity contribution in [1.82, 2.24) is 26.8 Å². The minimum Gasteiger partial charge on any atom is -0.478 e. The number of aromatic carboxylic acids is 1. The first-order chi connectivity index (χ1) is 22.5. The zero-order valence-electron chi connectivity index (χ0n) is 29.0. The molecule has 16 nitrogen and oxygen atoms in total. The third-order valence-corrected chi connectivity index (χ3v) is 5.53. The summed E-state index contributed by atoms with van der Waals surface area (Å²) in [6.07, 6.45) is -2.11. The first-order valence-corrected chi connectivity index (χ1v) is 15.1. The lowest BCUT2D eigenvalue weighted by atomic mass is 10.0. The molecule has 0 heterocycles. The number of hydrogen-bond donors (Lipinski definition) is 6. The second kappa shape index (κ2) is 16.4. The van der Waals surface area contributed by atoms with Gasteiger partial charge in [0.1, 0.15) is 16.8 Å². The van der Waals surface area contributed by atoms with E-state index in [2.05, 4.69) is 31.8 Å². The molecule has 0 aromatic heterocycles. The number of hydrogen-bond acceptors (Lipinski definition) is 10. The third-order valence-electron chi connectivity index (χ3n) is 5.53. The van der Waals surface area contributed by atoms with Crippen LogP contribution in [0.2, 0.25) is 0 Å². The molecule has 2 aromatic carbocycles. The molecule has 16 heteroatoms. The molecule has 0 fully saturated rings. The van der Waals surface area contributed by atoms with E-state index in [0.717, 1.165) is 0 Å². The Morgan fingerprint density at radius 2 is 1.24 bits per heavy atom. The Morgan fingerprint density at radius 3 is 1.73 bits per heavy atom. The Hall–Kier alpha value is -5.67. The van der Waals surface area contributed by atoms with Crippen molar-refractivity contribution in [1.29, 1.82) is 0 Å². The van der Waals surface area contributed by atoms with Crippen LogP contribution in [0.3, 0.4) is 0 Å². The summed E-state index contributed by atoms with van der Waals surface area (Å²) in [7, 11) is 0. The maximum atomic E-state index is 12.9. The summed E-state index contributed by atoms with van der Waals surface area (Å²) in [5.41, 5.74) is 2.55. The number of aliphatic imine (C=N–C) groups is 1. The molecule has 5 amide bonds. The highest BCUT2D eigenvalue weighted by Crippen LogP contribution is 2.21. The lowest BCUT2D eigenvalue weighted by molar-refractivity contribution is -0.155. The van der Waals surface area contributed by atoms with Gasteiger partial charge in [-0.3, -0.25) is 25.6 Å². The van der Waals surface area contributed by atoms with Gasteiger partial charge in [-0.25, -0.2) is 29.6 Å². The number of amides is 5. The molecule has 0 saturated carbocycles. The lowest BCUT2D eigenvalue weighted by Crippen LogP contribution is -2.48. The summed E-state index contributed by atoms with van der Waals surface area (Å²) >= 11 is 0. The van der Waals surface area contributed by atoms with Gasteiger partial charge in [-0.1, -0.05) is 18.2 Å². The van der Waals surface area contributed by atoms with Crippen LogP contribution in [0.15, 0.2) is 53.5 Å². The molecule has 0 aliphatic heterocycles. The average molecular weight is 685 g/mol. The normalized spacial score (nSPS) is 11.9. The fraction of sp³-hybridized carbons (Fsp3) is 0.424. The van der Waals surface area contributed by atoms with Crippen LogP contribution >= 0.6 is 0 Å². The SMILES string of the molecule is CC(C)(C)OC(=O)C[C@H](NC(=O)NNC(=O)c1cccc(N=C(NC(=O)OC(C)(C)C)NC(=O)OC(C)(C)C)c1)c1ccc(C(=O)O)cc1. The number of guanidine groups is 1. The third kappa shape index (κ3) is 15.6. The van der Waals surface area contributed by atoms with Gasteiger partial charge in [-0.05, 0) is 98.2 Å². The Kier molecular flexibility index (Phi) is 13.3. The Morgan fingerprint density at radius 1 is 0.714 bits per heavy atom. The molecule has 49 heavy (non-hydrogen) atoms. The van der Waals surface area contributed by atoms with Crippen LogP contribution in [0, 0.1) is 0 Å². The first-order valence-electron chi connectivity index (χ1n) is 15.1. The largest absolute Gasteiger partial charge is 0.478 e. The zero-order valence-corrected chi connectivity index (χ0v) is 29.0. The second-order valence-corrected chi connectivity index (χ2v) is 13.6. The fourth-order valence-electron chi connectivity index (χ4n) is 3.77. The van der Waals surface area contributed by atoms with Crippen molar-refractivity contribution < 1.29 is 48.1 Å². The van der Waals surface area contributed by atoms with Gasteiger partial charge in [0.2, 0.25) is 5.96 Å². The van der Waals surface area contributed by atoms with Gasteiger partial charge in [0.15, 0.2) is 0 Å². The van der Waals surface area contributed by atoms with Crippen LogP contribution in [0.25, 0.3) is 0 Å². The van der Waals surface area contributed by atoms with E-state index in [1.807, 2.05) is 0 Å². The summed E-state index contributed by atoms with van der Waals surface area (Å²) in [5.74, 6) is -2.87. The molecule has 2 rings (SSSR count). The summed E-state index contributed by atoms with van der Waals surface area (Å²) in [6, 6.07) is 9.43. The molecule has 0 spiro atoms. The maximum absolute atomic E-state index is 12.9. The van der Waals surface area contributed by atoms with Crippen molar-refractivity contribution in [2.45, 2.75) is 91.6 Å². The summed E-state index contributed by atoms with van der Waals surface area (Å²) < 4.78 is 15.8. The van der Waals surface area contributed by atoms with Gasteiger partial charge in [0.25, 0.3) is 5.91 Å². The van der Waals surface area contributed by atoms with E-state index >= 15 is 0 Å². The second-order valence-electron chi connectivity index (χ2n) is 13.6. The topological polar surface area (TPSA) is 223 Å². The van der Waals surface area contributed by atoms with Gasteiger partial charge in [-0.15, -0.1) is 0 Å². The van der Waals surface area contributed by atoms with Crippen LogP contribution in [0.1, 0.15) is 101 Å². The first kappa shape index (κ1) is 39.5. The molecule has 0 aliphatic carbocycles. The number of urea groups is 1. The van der Waals surface area contributed by atoms with Gasteiger partial charge in [0.05, 0.1) is 23.7 Å². The number of rotatable bonds is 7. The van der Waals surface area contributed by atoms with Gasteiger partial charge in [0, 0.05) is 5.56 Å². The molecule has 2 aromatic rings. The number of hydrazine groups is 1. The Bertz CT molecular complexity index is 1540. The van der Waals surface area contributed by atoms with Gasteiger partial charge >= 0.3 is 30.2 Å². The zero-order chi connectivity index (χ0) is 37.2. The number of ether oxygens (including phenoxy) is 3. The van der Waals surface area contributed by atoms with E-state index in [1.54, 1.807) is 62.3 Å². The summed E-state index contributed by atoms with van der Waals surface area (Å²) in [4.78, 5) is 78.6. The highest BCUT2D eigenvalue weighted by atomic mass is 16.6. The van der Waals surface area contributed by atoms with E-state index in [0.29, 0.717) is 5.56 Å². The van der Waals surface area contributed by atoms with Crippen LogP contribution < -0.4 is 26.8 Å². The average Bonchev–Trinajstić information content (AvgIpc) is 2.92. The standard InChI is InChI=1S/C33H44N6O10/c1-31(2,3)47-24(40)18-23(19-13-15-20(16-14-19)26(42)43)35-28(44)39-38-25(41)21-11-10-12-22(17-21)34-27(36-29(45)48-32(4,5)6)37-30(46)49-33(7,8)9/h10-17,23H,18H2,1-9H3,(H,38,41)(H,42,43)(H2,35,39,44)(H2,34,36,37,45,46)/t23-/m0/s1. The molecule has 0 saturated heterocycles. The number of carbonyl (C=O) groups is 6. The van der Waals surface area contributed by atoms with Crippen LogP contribution in [0.5, 0.6) is 0 Å². The maximum Gasteiger partial charge on any atom is 0.414 e. The molecule has 0 bridgehead atoms. The predicted octanol–water partition coefficient (Wildman–Crippen LogP) is 4.84. The fourth-order valence-corrected chi connectivity index (χ4v) is 3.77. The number of esters is 1. The van der Waals surface area contributed by atoms with Crippen LogP contribution in [0.4, 0.5) is 20.1 Å². The smallest absolute Gasteiger partial charge is 0.414 e. The quantitative estimate of drug-likeness (QED) is 0.0765. The summed E-state index contributed by atoms with van der Waals surface area (Å²) in [5, 5.41) is 16.5. The number of nitrogens with one attached hydrogen (secondary N) is 5. The minimum absolute atomic E-state index is 0.0106. The lowest BCUT2D eigenvalue weighted by Gasteiger charge is -2.23. The molecular formula is C33H44N6O10. The van der Waals surface area contributed by atoms with E-state index in [1.165, 1.54) is 48.5 Å². The van der Waals surface area contributed by atoms with Crippen molar-refractivity contribution in [2.75, 3.05) is 0 Å². The number of alkyl carbamates (subject to hydrolysis) is 2. The van der Waals surface area contributed by atoms with E-state index in [4.69, 9.17) is 14.2 Å². The Labute approximate surface area is 284 Å². The summed E-state index contributed by atoms with van der Waals surface area (Å²) in [6.45, 7) is 15.0.